The SMILES string of the molecule is O=[N+]([O-])c1ccc(-c2ccc(-c3ccc([N+](=O)[O-])cc3)c3n[se]nc23)cc1. The van der Waals surface area contributed by atoms with Crippen LogP contribution in [0.3, 0.4) is 0 Å². The molecule has 8 nitrogen and oxygen atoms in total. The summed E-state index contributed by atoms with van der Waals surface area (Å²) in [5.41, 5.74) is 4.92. The van der Waals surface area contributed by atoms with E-state index in [1.165, 1.54) is 24.3 Å². The summed E-state index contributed by atoms with van der Waals surface area (Å²) >= 11 is -0.269. The predicted molar refractivity (Wildman–Crippen MR) is 101 cm³/mol. The molecule has 0 bridgehead atoms. The number of nitro benzene ring substituents is 2. The molecule has 0 amide bonds. The normalized spacial score (nSPS) is 10.8. The third-order valence-corrected chi connectivity index (χ3v) is 5.30. The molecule has 9 heteroatoms. The van der Waals surface area contributed by atoms with Crippen molar-refractivity contribution in [2.75, 3.05) is 0 Å². The van der Waals surface area contributed by atoms with E-state index in [9.17, 15) is 20.2 Å². The van der Waals surface area contributed by atoms with E-state index < -0.39 is 9.85 Å². The van der Waals surface area contributed by atoms with Gasteiger partial charge in [-0.15, -0.1) is 0 Å². The number of nitrogens with zero attached hydrogens (tertiary/aromatic N) is 4. The molecule has 0 atom stereocenters. The Bertz CT molecular complexity index is 1080. The number of nitro groups is 2. The van der Waals surface area contributed by atoms with Gasteiger partial charge in [0.15, 0.2) is 0 Å². The molecule has 0 aliphatic carbocycles. The van der Waals surface area contributed by atoms with Crippen LogP contribution in [0.25, 0.3) is 33.3 Å². The van der Waals surface area contributed by atoms with E-state index in [0.29, 0.717) is 0 Å². The Labute approximate surface area is 158 Å². The summed E-state index contributed by atoms with van der Waals surface area (Å²) in [6.07, 6.45) is 0. The molecular weight excluding hydrogens is 415 g/mol. The van der Waals surface area contributed by atoms with E-state index in [-0.39, 0.29) is 26.3 Å². The zero-order chi connectivity index (χ0) is 19.0. The Balaban J connectivity index is 1.80. The third kappa shape index (κ3) is 3.10. The average molecular weight is 425 g/mol. The van der Waals surface area contributed by atoms with Gasteiger partial charge in [-0.05, 0) is 0 Å². The van der Waals surface area contributed by atoms with Crippen LogP contribution in [-0.4, -0.2) is 32.8 Å². The van der Waals surface area contributed by atoms with Crippen molar-refractivity contribution >= 4 is 37.4 Å². The molecule has 1 heterocycles. The topological polar surface area (TPSA) is 112 Å². The van der Waals surface area contributed by atoms with Gasteiger partial charge in [-0.2, -0.15) is 0 Å². The second kappa shape index (κ2) is 6.71. The fraction of sp³-hybridized carbons (Fsp3) is 0. The molecule has 0 unspecified atom stereocenters. The standard InChI is InChI=1S/C18H10N4O4Se/c23-21(24)13-5-1-11(2-6-13)15-9-10-16(18-17(15)19-27-20-18)12-3-7-14(8-4-12)22(25)26/h1-10H. The second-order valence-corrected chi connectivity index (χ2v) is 6.84. The van der Waals surface area contributed by atoms with Crippen LogP contribution < -0.4 is 0 Å². The maximum atomic E-state index is 10.8. The number of rotatable bonds is 4. The van der Waals surface area contributed by atoms with Crippen molar-refractivity contribution in [3.05, 3.63) is 80.9 Å². The first kappa shape index (κ1) is 17.0. The predicted octanol–water partition coefficient (Wildman–Crippen LogP) is 3.84. The Morgan fingerprint density at radius 3 is 1.33 bits per heavy atom. The van der Waals surface area contributed by atoms with Crippen LogP contribution >= 0.6 is 0 Å². The summed E-state index contributed by atoms with van der Waals surface area (Å²) < 4.78 is 9.04. The number of hydrogen-bond acceptors (Lipinski definition) is 6. The van der Waals surface area contributed by atoms with Gasteiger partial charge in [0.05, 0.1) is 0 Å². The van der Waals surface area contributed by atoms with Crippen LogP contribution in [0.4, 0.5) is 11.4 Å². The van der Waals surface area contributed by atoms with Gasteiger partial charge in [-0.3, -0.25) is 0 Å². The van der Waals surface area contributed by atoms with Crippen molar-refractivity contribution in [3.63, 3.8) is 0 Å². The molecule has 4 rings (SSSR count). The molecule has 27 heavy (non-hydrogen) atoms. The Hall–Kier alpha value is -3.42. The second-order valence-electron chi connectivity index (χ2n) is 5.73. The maximum absolute atomic E-state index is 10.8. The van der Waals surface area contributed by atoms with Crippen LogP contribution in [0.2, 0.25) is 0 Å². The molecule has 0 saturated heterocycles. The van der Waals surface area contributed by atoms with Crippen molar-refractivity contribution < 1.29 is 9.85 Å². The number of hydrogen-bond donors (Lipinski definition) is 0. The van der Waals surface area contributed by atoms with Gasteiger partial charge in [0.25, 0.3) is 0 Å². The van der Waals surface area contributed by atoms with Crippen molar-refractivity contribution in [3.8, 4) is 22.3 Å². The van der Waals surface area contributed by atoms with Crippen LogP contribution in [0, 0.1) is 20.2 Å². The molecule has 1 aromatic heterocycles. The van der Waals surface area contributed by atoms with Crippen molar-refractivity contribution in [1.29, 1.82) is 0 Å². The van der Waals surface area contributed by atoms with E-state index in [2.05, 4.69) is 7.96 Å². The molecule has 132 valence electrons. The van der Waals surface area contributed by atoms with Gasteiger partial charge in [-0.1, -0.05) is 0 Å². The molecule has 0 aliphatic heterocycles. The molecule has 0 fully saturated rings. The first-order valence-electron chi connectivity index (χ1n) is 7.79. The van der Waals surface area contributed by atoms with Gasteiger partial charge in [0, 0.05) is 0 Å². The van der Waals surface area contributed by atoms with Gasteiger partial charge >= 0.3 is 158 Å². The number of non-ortho nitro benzene ring substituents is 2. The van der Waals surface area contributed by atoms with Crippen LogP contribution in [0.1, 0.15) is 0 Å². The molecule has 0 spiro atoms. The van der Waals surface area contributed by atoms with Crippen LogP contribution in [-0.2, 0) is 0 Å². The summed E-state index contributed by atoms with van der Waals surface area (Å²) in [5.74, 6) is 0. The van der Waals surface area contributed by atoms with Crippen LogP contribution in [0.15, 0.2) is 60.7 Å². The van der Waals surface area contributed by atoms with Crippen molar-refractivity contribution in [2.45, 2.75) is 0 Å². The Kier molecular flexibility index (Phi) is 4.23. The van der Waals surface area contributed by atoms with E-state index >= 15 is 0 Å². The Morgan fingerprint density at radius 1 is 0.630 bits per heavy atom. The molecule has 0 radical (unpaired) electrons. The molecule has 0 N–H and O–H groups in total. The number of benzene rings is 3. The van der Waals surface area contributed by atoms with Crippen LogP contribution in [0.5, 0.6) is 0 Å². The first-order valence-corrected chi connectivity index (χ1v) is 9.33. The minimum atomic E-state index is -0.436. The van der Waals surface area contributed by atoms with Gasteiger partial charge in [0.1, 0.15) is 0 Å². The minimum absolute atomic E-state index is 0.0312. The fourth-order valence-corrected chi connectivity index (χ4v) is 4.06. The van der Waals surface area contributed by atoms with Crippen molar-refractivity contribution in [2.24, 2.45) is 0 Å². The van der Waals surface area contributed by atoms with Gasteiger partial charge in [-0.25, -0.2) is 0 Å². The van der Waals surface area contributed by atoms with E-state index in [0.717, 1.165) is 33.3 Å². The first-order chi connectivity index (χ1) is 13.0. The Morgan fingerprint density at radius 2 is 1.00 bits per heavy atom. The summed E-state index contributed by atoms with van der Waals surface area (Å²) in [6, 6.07) is 16.4. The van der Waals surface area contributed by atoms with Gasteiger partial charge < -0.3 is 0 Å². The molecule has 0 aliphatic rings. The summed E-state index contributed by atoms with van der Waals surface area (Å²) in [5, 5.41) is 21.7. The number of aromatic nitrogens is 2. The fourth-order valence-electron chi connectivity index (χ4n) is 2.86. The summed E-state index contributed by atoms with van der Waals surface area (Å²) in [6.45, 7) is 0. The number of fused-ring (bicyclic) bond motifs is 1. The monoisotopic (exact) mass is 426 g/mol. The zero-order valence-corrected chi connectivity index (χ0v) is 15.3. The van der Waals surface area contributed by atoms with Crippen molar-refractivity contribution in [1.82, 2.24) is 7.96 Å². The van der Waals surface area contributed by atoms with Gasteiger partial charge in [0.2, 0.25) is 0 Å². The molecule has 3 aromatic carbocycles. The zero-order valence-electron chi connectivity index (χ0n) is 13.6. The van der Waals surface area contributed by atoms with E-state index in [1.807, 2.05) is 12.1 Å². The third-order valence-electron chi connectivity index (χ3n) is 4.19. The van der Waals surface area contributed by atoms with E-state index in [1.54, 1.807) is 24.3 Å². The molecular formula is C18H10N4O4Se. The average Bonchev–Trinajstić information content (AvgIpc) is 3.17. The van der Waals surface area contributed by atoms with E-state index in [4.69, 9.17) is 0 Å². The summed E-state index contributed by atoms with van der Waals surface area (Å²) in [7, 11) is 0. The quantitative estimate of drug-likeness (QED) is 0.279. The molecule has 4 aromatic rings. The summed E-state index contributed by atoms with van der Waals surface area (Å²) in [4.78, 5) is 20.8. The molecule has 0 saturated carbocycles.